The first kappa shape index (κ1) is 10.9. The summed E-state index contributed by atoms with van der Waals surface area (Å²) in [5, 5.41) is 0.139. The van der Waals surface area contributed by atoms with E-state index in [1.54, 1.807) is 18.2 Å². The molecule has 2 aromatic carbocycles. The van der Waals surface area contributed by atoms with Crippen LogP contribution in [0.4, 0.5) is 4.39 Å². The van der Waals surface area contributed by atoms with E-state index in [1.165, 1.54) is 6.07 Å². The third-order valence-corrected chi connectivity index (χ3v) is 2.72. The van der Waals surface area contributed by atoms with Crippen LogP contribution < -0.4 is 0 Å². The molecule has 2 heteroatoms. The van der Waals surface area contributed by atoms with Crippen molar-refractivity contribution in [3.05, 3.63) is 65.4 Å². The molecule has 16 heavy (non-hydrogen) atoms. The van der Waals surface area contributed by atoms with Gasteiger partial charge in [-0.3, -0.25) is 0 Å². The summed E-state index contributed by atoms with van der Waals surface area (Å²) in [5.41, 5.74) is 2.73. The third-order valence-electron chi connectivity index (χ3n) is 2.41. The molecule has 0 saturated heterocycles. The molecule has 0 amide bonds. The highest BCUT2D eigenvalue weighted by Crippen LogP contribution is 2.27. The minimum atomic E-state index is -0.405. The van der Waals surface area contributed by atoms with Gasteiger partial charge in [-0.25, -0.2) is 4.39 Å². The summed E-state index contributed by atoms with van der Waals surface area (Å²) in [7, 11) is 0. The number of halogens is 2. The van der Waals surface area contributed by atoms with Gasteiger partial charge in [-0.2, -0.15) is 0 Å². The molecule has 0 nitrogen and oxygen atoms in total. The smallest absolute Gasteiger partial charge is 0.142 e. The average Bonchev–Trinajstić information content (AvgIpc) is 2.32. The van der Waals surface area contributed by atoms with Gasteiger partial charge >= 0.3 is 0 Å². The van der Waals surface area contributed by atoms with Gasteiger partial charge in [0.2, 0.25) is 0 Å². The third kappa shape index (κ3) is 2.00. The molecule has 0 aliphatic carbocycles. The van der Waals surface area contributed by atoms with E-state index in [0.29, 0.717) is 0 Å². The van der Waals surface area contributed by atoms with Crippen LogP contribution in [-0.2, 0) is 0 Å². The van der Waals surface area contributed by atoms with Gasteiger partial charge < -0.3 is 0 Å². The van der Waals surface area contributed by atoms with Crippen molar-refractivity contribution in [3.63, 3.8) is 0 Å². The standard InChI is InChI=1S/C14H10ClF/c1-2-10-5-3-4-6-12(10)11-7-8-13(15)14(16)9-11/h2-9H,1H2. The van der Waals surface area contributed by atoms with Gasteiger partial charge in [0.05, 0.1) is 5.02 Å². The molecule has 0 saturated carbocycles. The maximum Gasteiger partial charge on any atom is 0.142 e. The summed E-state index contributed by atoms with van der Waals surface area (Å²) in [6.07, 6.45) is 1.75. The van der Waals surface area contributed by atoms with Crippen molar-refractivity contribution < 1.29 is 4.39 Å². The maximum absolute atomic E-state index is 13.3. The molecule has 2 aromatic rings. The summed E-state index contributed by atoms with van der Waals surface area (Å²) in [5.74, 6) is -0.405. The molecule has 0 aromatic heterocycles. The Labute approximate surface area is 99.0 Å². The van der Waals surface area contributed by atoms with Crippen LogP contribution >= 0.6 is 11.6 Å². The normalized spacial score (nSPS) is 10.1. The van der Waals surface area contributed by atoms with Crippen molar-refractivity contribution in [2.75, 3.05) is 0 Å². The van der Waals surface area contributed by atoms with E-state index in [2.05, 4.69) is 6.58 Å². The van der Waals surface area contributed by atoms with Crippen molar-refractivity contribution in [2.24, 2.45) is 0 Å². The molecule has 0 spiro atoms. The number of hydrogen-bond donors (Lipinski definition) is 0. The minimum Gasteiger partial charge on any atom is -0.205 e. The van der Waals surface area contributed by atoms with Gasteiger partial charge in [0.1, 0.15) is 5.82 Å². The van der Waals surface area contributed by atoms with Gasteiger partial charge in [-0.05, 0) is 28.8 Å². The molecule has 0 atom stereocenters. The van der Waals surface area contributed by atoms with E-state index < -0.39 is 5.82 Å². The van der Waals surface area contributed by atoms with Gasteiger partial charge in [-0.15, -0.1) is 0 Å². The van der Waals surface area contributed by atoms with Crippen LogP contribution in [0.5, 0.6) is 0 Å². The monoisotopic (exact) mass is 232 g/mol. The highest BCUT2D eigenvalue weighted by Gasteiger charge is 2.05. The first-order chi connectivity index (χ1) is 7.72. The lowest BCUT2D eigenvalue weighted by Gasteiger charge is -2.06. The molecule has 0 aliphatic rings. The van der Waals surface area contributed by atoms with Crippen molar-refractivity contribution in [1.82, 2.24) is 0 Å². The zero-order valence-electron chi connectivity index (χ0n) is 8.58. The Hall–Kier alpha value is -1.60. The van der Waals surface area contributed by atoms with Crippen molar-refractivity contribution in [1.29, 1.82) is 0 Å². The minimum absolute atomic E-state index is 0.139. The summed E-state index contributed by atoms with van der Waals surface area (Å²) in [6.45, 7) is 3.74. The molecule has 0 heterocycles. The molecular weight excluding hydrogens is 223 g/mol. The van der Waals surface area contributed by atoms with Gasteiger partial charge in [-0.1, -0.05) is 54.6 Å². The summed E-state index contributed by atoms with van der Waals surface area (Å²) in [6, 6.07) is 12.5. The first-order valence-electron chi connectivity index (χ1n) is 4.89. The van der Waals surface area contributed by atoms with Crippen LogP contribution in [0.3, 0.4) is 0 Å². The van der Waals surface area contributed by atoms with Crippen LogP contribution in [0.15, 0.2) is 49.0 Å². The maximum atomic E-state index is 13.3. The Morgan fingerprint density at radius 1 is 1.12 bits per heavy atom. The zero-order chi connectivity index (χ0) is 11.5. The number of rotatable bonds is 2. The second-order valence-electron chi connectivity index (χ2n) is 3.42. The fraction of sp³-hybridized carbons (Fsp3) is 0. The molecule has 0 unspecified atom stereocenters. The lowest BCUT2D eigenvalue weighted by atomic mass is 10.00. The fourth-order valence-electron chi connectivity index (χ4n) is 1.60. The van der Waals surface area contributed by atoms with Gasteiger partial charge in [0.25, 0.3) is 0 Å². The quantitative estimate of drug-likeness (QED) is 0.699. The van der Waals surface area contributed by atoms with E-state index in [-0.39, 0.29) is 5.02 Å². The predicted octanol–water partition coefficient (Wildman–Crippen LogP) is 4.79. The highest BCUT2D eigenvalue weighted by atomic mass is 35.5. The summed E-state index contributed by atoms with van der Waals surface area (Å²) < 4.78 is 13.3. The highest BCUT2D eigenvalue weighted by molar-refractivity contribution is 6.30. The van der Waals surface area contributed by atoms with Crippen molar-refractivity contribution in [2.45, 2.75) is 0 Å². The van der Waals surface area contributed by atoms with Crippen molar-refractivity contribution in [3.8, 4) is 11.1 Å². The van der Waals surface area contributed by atoms with Gasteiger partial charge in [0, 0.05) is 0 Å². The van der Waals surface area contributed by atoms with E-state index in [9.17, 15) is 4.39 Å². The average molecular weight is 233 g/mol. The predicted molar refractivity (Wildman–Crippen MR) is 66.9 cm³/mol. The summed E-state index contributed by atoms with van der Waals surface area (Å²) in [4.78, 5) is 0. The molecule has 0 N–H and O–H groups in total. The van der Waals surface area contributed by atoms with E-state index in [0.717, 1.165) is 16.7 Å². The van der Waals surface area contributed by atoms with E-state index in [1.807, 2.05) is 24.3 Å². The molecule has 80 valence electrons. The van der Waals surface area contributed by atoms with Crippen LogP contribution in [0, 0.1) is 5.82 Å². The number of benzene rings is 2. The topological polar surface area (TPSA) is 0 Å². The van der Waals surface area contributed by atoms with Crippen LogP contribution in [0.1, 0.15) is 5.56 Å². The molecular formula is C14H10ClF. The second-order valence-corrected chi connectivity index (χ2v) is 3.83. The second kappa shape index (κ2) is 4.50. The van der Waals surface area contributed by atoms with E-state index in [4.69, 9.17) is 11.6 Å². The Kier molecular flexibility index (Phi) is 3.07. The summed E-state index contributed by atoms with van der Waals surface area (Å²) >= 11 is 5.65. The molecule has 0 fully saturated rings. The van der Waals surface area contributed by atoms with Crippen LogP contribution in [0.2, 0.25) is 5.02 Å². The fourth-order valence-corrected chi connectivity index (χ4v) is 1.72. The van der Waals surface area contributed by atoms with Crippen molar-refractivity contribution >= 4 is 17.7 Å². The molecule has 0 aliphatic heterocycles. The molecule has 2 rings (SSSR count). The SMILES string of the molecule is C=Cc1ccccc1-c1ccc(Cl)c(F)c1. The number of hydrogen-bond acceptors (Lipinski definition) is 0. The lowest BCUT2D eigenvalue weighted by molar-refractivity contribution is 0.629. The Morgan fingerprint density at radius 2 is 1.88 bits per heavy atom. The van der Waals surface area contributed by atoms with Crippen LogP contribution in [-0.4, -0.2) is 0 Å². The largest absolute Gasteiger partial charge is 0.205 e. The Morgan fingerprint density at radius 3 is 2.56 bits per heavy atom. The van der Waals surface area contributed by atoms with Gasteiger partial charge in [0.15, 0.2) is 0 Å². The lowest BCUT2D eigenvalue weighted by Crippen LogP contribution is -1.84. The van der Waals surface area contributed by atoms with Crippen LogP contribution in [0.25, 0.3) is 17.2 Å². The Balaban J connectivity index is 2.58. The van der Waals surface area contributed by atoms with E-state index >= 15 is 0 Å². The molecule has 0 bridgehead atoms. The first-order valence-corrected chi connectivity index (χ1v) is 5.27. The zero-order valence-corrected chi connectivity index (χ0v) is 9.34. The Bertz CT molecular complexity index is 532. The molecule has 0 radical (unpaired) electrons.